The van der Waals surface area contributed by atoms with Crippen LogP contribution in [0.5, 0.6) is 0 Å². The fourth-order valence-electron chi connectivity index (χ4n) is 4.77. The van der Waals surface area contributed by atoms with Crippen molar-refractivity contribution in [3.63, 3.8) is 0 Å². The molecule has 2 aromatic heterocycles. The number of aromatic nitrogens is 2. The number of aliphatic carboxylic acids is 1. The van der Waals surface area contributed by atoms with Crippen molar-refractivity contribution >= 4 is 28.3 Å². The number of benzene rings is 1. The third-order valence-corrected chi connectivity index (χ3v) is 6.32. The van der Waals surface area contributed by atoms with Crippen LogP contribution in [-0.4, -0.2) is 32.5 Å². The van der Waals surface area contributed by atoms with Crippen molar-refractivity contribution in [3.8, 4) is 0 Å². The number of anilines is 1. The van der Waals surface area contributed by atoms with Crippen LogP contribution in [0.4, 0.5) is 14.6 Å². The van der Waals surface area contributed by atoms with Crippen LogP contribution in [0.2, 0.25) is 0 Å². The van der Waals surface area contributed by atoms with Gasteiger partial charge in [0.1, 0.15) is 5.82 Å². The van der Waals surface area contributed by atoms with Gasteiger partial charge in [0.15, 0.2) is 0 Å². The van der Waals surface area contributed by atoms with Crippen LogP contribution in [0.15, 0.2) is 54.2 Å². The second-order valence-corrected chi connectivity index (χ2v) is 9.66. The zero-order valence-corrected chi connectivity index (χ0v) is 19.8. The van der Waals surface area contributed by atoms with E-state index in [0.717, 1.165) is 40.2 Å². The first-order valence-electron chi connectivity index (χ1n) is 11.4. The number of carbonyl (C=O) groups is 1. The number of hydrogen-bond acceptors (Lipinski definition) is 4. The first-order chi connectivity index (χ1) is 16.0. The summed E-state index contributed by atoms with van der Waals surface area (Å²) >= 11 is 0. The number of rotatable bonds is 7. The summed E-state index contributed by atoms with van der Waals surface area (Å²) in [6, 6.07) is 13.6. The highest BCUT2D eigenvalue weighted by molar-refractivity contribution is 5.97. The third-order valence-electron chi connectivity index (χ3n) is 6.32. The van der Waals surface area contributed by atoms with Crippen molar-refractivity contribution in [2.45, 2.75) is 58.4 Å². The Kier molecular flexibility index (Phi) is 6.14. The average molecular weight is 466 g/mol. The minimum Gasteiger partial charge on any atom is -0.481 e. The maximum Gasteiger partial charge on any atom is 0.310 e. The summed E-state index contributed by atoms with van der Waals surface area (Å²) in [5.74, 6) is -4.15. The third kappa shape index (κ3) is 4.79. The fraction of sp³-hybridized carbons (Fsp3) is 0.370. The molecule has 2 N–H and O–H groups in total. The van der Waals surface area contributed by atoms with E-state index < -0.39 is 23.3 Å². The molecule has 7 heteroatoms. The number of halogens is 2. The van der Waals surface area contributed by atoms with Crippen LogP contribution in [0.3, 0.4) is 0 Å². The summed E-state index contributed by atoms with van der Waals surface area (Å²) < 4.78 is 27.0. The predicted octanol–water partition coefficient (Wildman–Crippen LogP) is 6.47. The summed E-state index contributed by atoms with van der Waals surface area (Å²) in [6.45, 7) is 6.58. The topological polar surface area (TPSA) is 75.1 Å². The van der Waals surface area contributed by atoms with Gasteiger partial charge in [-0.05, 0) is 69.9 Å². The number of nitrogens with one attached hydrogen (secondary N) is 1. The van der Waals surface area contributed by atoms with Gasteiger partial charge in [0.2, 0.25) is 5.92 Å². The van der Waals surface area contributed by atoms with Crippen LogP contribution < -0.4 is 5.32 Å². The molecule has 34 heavy (non-hydrogen) atoms. The first-order valence-corrected chi connectivity index (χ1v) is 11.4. The largest absolute Gasteiger partial charge is 0.481 e. The normalized spacial score (nSPS) is 16.2. The number of carboxylic acids is 1. The first kappa shape index (κ1) is 23.8. The van der Waals surface area contributed by atoms with Crippen LogP contribution in [0, 0.1) is 12.8 Å². The van der Waals surface area contributed by atoms with Crippen LogP contribution >= 0.6 is 0 Å². The lowest BCUT2D eigenvalue weighted by molar-refractivity contribution is -0.141. The highest BCUT2D eigenvalue weighted by Gasteiger charge is 2.41. The van der Waals surface area contributed by atoms with Gasteiger partial charge >= 0.3 is 5.97 Å². The Bertz CT molecular complexity index is 1260. The minimum atomic E-state index is -2.84. The van der Waals surface area contributed by atoms with Gasteiger partial charge in [-0.15, -0.1) is 0 Å². The van der Waals surface area contributed by atoms with Gasteiger partial charge in [-0.1, -0.05) is 24.3 Å². The number of fused-ring (bicyclic) bond motifs is 2. The van der Waals surface area contributed by atoms with Gasteiger partial charge < -0.3 is 10.4 Å². The zero-order chi connectivity index (χ0) is 24.7. The summed E-state index contributed by atoms with van der Waals surface area (Å²) in [4.78, 5) is 21.8. The average Bonchev–Trinajstić information content (AvgIpc) is 2.74. The maximum absolute atomic E-state index is 13.5. The molecule has 3 heterocycles. The van der Waals surface area contributed by atoms with E-state index in [0.29, 0.717) is 11.4 Å². The lowest BCUT2D eigenvalue weighted by atomic mass is 9.73. The molecule has 1 atom stereocenters. The fourth-order valence-corrected chi connectivity index (χ4v) is 4.77. The molecule has 0 saturated heterocycles. The van der Waals surface area contributed by atoms with E-state index in [1.165, 1.54) is 0 Å². The second kappa shape index (κ2) is 8.78. The number of carboxylic acid groups (broad SMARTS) is 1. The van der Waals surface area contributed by atoms with Crippen LogP contribution in [-0.2, 0) is 4.79 Å². The highest BCUT2D eigenvalue weighted by Crippen LogP contribution is 2.46. The summed E-state index contributed by atoms with van der Waals surface area (Å²) in [7, 11) is 0. The predicted molar refractivity (Wildman–Crippen MR) is 130 cm³/mol. The number of hydrogen-bond donors (Lipinski definition) is 2. The highest BCUT2D eigenvalue weighted by atomic mass is 19.3. The molecule has 1 aliphatic rings. The number of aryl methyl sites for hydroxylation is 1. The summed E-state index contributed by atoms with van der Waals surface area (Å²) in [5, 5.41) is 14.6. The van der Waals surface area contributed by atoms with Crippen molar-refractivity contribution in [1.29, 1.82) is 0 Å². The second-order valence-electron chi connectivity index (χ2n) is 9.66. The molecule has 0 radical (unpaired) electrons. The Hall–Kier alpha value is -3.35. The Morgan fingerprint density at radius 3 is 2.59 bits per heavy atom. The molecule has 0 bridgehead atoms. The summed E-state index contributed by atoms with van der Waals surface area (Å²) in [6.07, 6.45) is 1.59. The van der Waals surface area contributed by atoms with E-state index in [-0.39, 0.29) is 19.3 Å². The Labute approximate surface area is 197 Å². The van der Waals surface area contributed by atoms with Crippen molar-refractivity contribution in [2.24, 2.45) is 5.92 Å². The number of nitrogens with zero attached hydrogens (tertiary/aromatic N) is 2. The van der Waals surface area contributed by atoms with Crippen LogP contribution in [0.25, 0.3) is 16.5 Å². The van der Waals surface area contributed by atoms with Gasteiger partial charge in [-0.2, -0.15) is 0 Å². The van der Waals surface area contributed by atoms with Gasteiger partial charge in [0, 0.05) is 34.8 Å². The molecule has 0 saturated carbocycles. The maximum atomic E-state index is 13.5. The Morgan fingerprint density at radius 1 is 1.21 bits per heavy atom. The van der Waals surface area contributed by atoms with Crippen LogP contribution in [0.1, 0.15) is 56.9 Å². The number of alkyl halides is 2. The Balaban J connectivity index is 1.96. The van der Waals surface area contributed by atoms with Crippen molar-refractivity contribution in [3.05, 3.63) is 71.1 Å². The number of para-hydroxylation sites is 1. The molecule has 1 unspecified atom stereocenters. The molecule has 4 rings (SSSR count). The van der Waals surface area contributed by atoms with E-state index in [4.69, 9.17) is 4.98 Å². The molecule has 0 spiro atoms. The van der Waals surface area contributed by atoms with E-state index in [9.17, 15) is 18.7 Å². The van der Waals surface area contributed by atoms with Crippen molar-refractivity contribution in [1.82, 2.24) is 9.97 Å². The van der Waals surface area contributed by atoms with Gasteiger partial charge in [-0.25, -0.2) is 13.8 Å². The van der Waals surface area contributed by atoms with Gasteiger partial charge in [-0.3, -0.25) is 9.78 Å². The Morgan fingerprint density at radius 2 is 1.94 bits per heavy atom. The van der Waals surface area contributed by atoms with Gasteiger partial charge in [0.05, 0.1) is 17.0 Å². The van der Waals surface area contributed by atoms with E-state index >= 15 is 0 Å². The zero-order valence-electron chi connectivity index (χ0n) is 19.8. The van der Waals surface area contributed by atoms with E-state index in [1.54, 1.807) is 6.20 Å². The standard InChI is InChI=1S/C27H29F2N3O2/c1-16-11-12-18(15-30-16)22-20-14-17-8-5-6-10-21(17)31-24(20)32-26(2,3)23(22)19(25(33)34)9-7-13-27(4,28)29/h5-6,8,10-12,14-15,19H,7,9,13H2,1-4H3,(H,31,32)(H,33,34). The molecule has 1 aliphatic heterocycles. The SMILES string of the molecule is Cc1ccc(C2=C(C(CCCC(C)(F)F)C(=O)O)C(C)(C)Nc3nc4ccccc4cc32)cn1. The molecule has 1 aromatic carbocycles. The van der Waals surface area contributed by atoms with Crippen molar-refractivity contribution in [2.75, 3.05) is 5.32 Å². The molecule has 0 amide bonds. The number of pyridine rings is 2. The molecular weight excluding hydrogens is 436 g/mol. The quantitative estimate of drug-likeness (QED) is 0.418. The lowest BCUT2D eigenvalue weighted by Gasteiger charge is -2.40. The molecule has 0 fully saturated rings. The smallest absolute Gasteiger partial charge is 0.310 e. The summed E-state index contributed by atoms with van der Waals surface area (Å²) in [5.41, 5.74) is 3.85. The van der Waals surface area contributed by atoms with Crippen molar-refractivity contribution < 1.29 is 18.7 Å². The van der Waals surface area contributed by atoms with Gasteiger partial charge in [0.25, 0.3) is 0 Å². The minimum absolute atomic E-state index is 0.0995. The van der Waals surface area contributed by atoms with E-state index in [2.05, 4.69) is 10.3 Å². The lowest BCUT2D eigenvalue weighted by Crippen LogP contribution is -2.42. The molecule has 178 valence electrons. The molecule has 5 nitrogen and oxygen atoms in total. The molecule has 3 aromatic rings. The molecular formula is C27H29F2N3O2. The van der Waals surface area contributed by atoms with E-state index in [1.807, 2.05) is 63.2 Å². The monoisotopic (exact) mass is 465 g/mol. The molecule has 0 aliphatic carbocycles.